The van der Waals surface area contributed by atoms with E-state index < -0.39 is 0 Å². The Labute approximate surface area is 114 Å². The highest BCUT2D eigenvalue weighted by molar-refractivity contribution is 6.33. The lowest BCUT2D eigenvalue weighted by molar-refractivity contribution is 0.112. The second kappa shape index (κ2) is 7.39. The van der Waals surface area contributed by atoms with Gasteiger partial charge in [0.15, 0.2) is 6.29 Å². The molecule has 100 valence electrons. The standard InChI is InChI=1S/C14H20ClNO2/c1-11(2)9-16(7-8-18-3)14-12(10-17)5-4-6-13(14)15/h4-6,10-11H,7-9H2,1-3H3. The van der Waals surface area contributed by atoms with Crippen molar-refractivity contribution in [1.29, 1.82) is 0 Å². The summed E-state index contributed by atoms with van der Waals surface area (Å²) in [6.07, 6.45) is 0.849. The van der Waals surface area contributed by atoms with E-state index in [1.807, 2.05) is 6.07 Å². The molecule has 0 heterocycles. The molecule has 1 aromatic rings. The van der Waals surface area contributed by atoms with Gasteiger partial charge < -0.3 is 9.64 Å². The molecule has 0 fully saturated rings. The SMILES string of the molecule is COCCN(CC(C)C)c1c(Cl)cccc1C=O. The molecule has 0 spiro atoms. The average Bonchev–Trinajstić information content (AvgIpc) is 2.34. The quantitative estimate of drug-likeness (QED) is 0.712. The minimum atomic E-state index is 0.484. The summed E-state index contributed by atoms with van der Waals surface area (Å²) in [5.41, 5.74) is 1.43. The first-order chi connectivity index (χ1) is 8.60. The monoisotopic (exact) mass is 269 g/mol. The Morgan fingerprint density at radius 2 is 2.17 bits per heavy atom. The van der Waals surface area contributed by atoms with Crippen LogP contribution in [0.3, 0.4) is 0 Å². The van der Waals surface area contributed by atoms with Crippen LogP contribution in [0.4, 0.5) is 5.69 Å². The molecule has 0 radical (unpaired) electrons. The maximum atomic E-state index is 11.1. The van der Waals surface area contributed by atoms with Crippen LogP contribution in [-0.4, -0.2) is 33.1 Å². The highest BCUT2D eigenvalue weighted by atomic mass is 35.5. The number of rotatable bonds is 7. The summed E-state index contributed by atoms with van der Waals surface area (Å²) in [4.78, 5) is 13.2. The topological polar surface area (TPSA) is 29.5 Å². The Morgan fingerprint density at radius 1 is 1.44 bits per heavy atom. The van der Waals surface area contributed by atoms with Crippen molar-refractivity contribution in [3.05, 3.63) is 28.8 Å². The van der Waals surface area contributed by atoms with Gasteiger partial charge in [0.05, 0.1) is 17.3 Å². The lowest BCUT2D eigenvalue weighted by Crippen LogP contribution is -2.32. The highest BCUT2D eigenvalue weighted by Gasteiger charge is 2.15. The Morgan fingerprint density at radius 3 is 2.72 bits per heavy atom. The summed E-state index contributed by atoms with van der Waals surface area (Å²) < 4.78 is 5.12. The molecule has 3 nitrogen and oxygen atoms in total. The smallest absolute Gasteiger partial charge is 0.152 e. The molecule has 0 N–H and O–H groups in total. The second-order valence-corrected chi connectivity index (χ2v) is 5.04. The number of benzene rings is 1. The Balaban J connectivity index is 3.06. The zero-order valence-corrected chi connectivity index (χ0v) is 11.9. The average molecular weight is 270 g/mol. The van der Waals surface area contributed by atoms with E-state index in [2.05, 4.69) is 18.7 Å². The normalized spacial score (nSPS) is 10.7. The number of nitrogens with zero attached hydrogens (tertiary/aromatic N) is 1. The van der Waals surface area contributed by atoms with E-state index >= 15 is 0 Å². The van der Waals surface area contributed by atoms with Crippen LogP contribution in [0.5, 0.6) is 0 Å². The van der Waals surface area contributed by atoms with Gasteiger partial charge in [-0.3, -0.25) is 4.79 Å². The van der Waals surface area contributed by atoms with E-state index in [1.54, 1.807) is 19.2 Å². The molecule has 0 aromatic heterocycles. The summed E-state index contributed by atoms with van der Waals surface area (Å²) in [6, 6.07) is 5.39. The van der Waals surface area contributed by atoms with Crippen molar-refractivity contribution in [3.8, 4) is 0 Å². The van der Waals surface area contributed by atoms with Crippen molar-refractivity contribution in [2.24, 2.45) is 5.92 Å². The molecule has 0 aliphatic carbocycles. The van der Waals surface area contributed by atoms with Gasteiger partial charge in [0.1, 0.15) is 0 Å². The molecule has 0 amide bonds. The van der Waals surface area contributed by atoms with Gasteiger partial charge in [-0.25, -0.2) is 0 Å². The molecule has 0 unspecified atom stereocenters. The third-order valence-electron chi connectivity index (χ3n) is 2.61. The predicted molar refractivity (Wildman–Crippen MR) is 75.8 cm³/mol. The van der Waals surface area contributed by atoms with Crippen LogP contribution in [0.25, 0.3) is 0 Å². The molecule has 18 heavy (non-hydrogen) atoms. The van der Waals surface area contributed by atoms with Crippen LogP contribution >= 0.6 is 11.6 Å². The Kier molecular flexibility index (Phi) is 6.16. The number of ether oxygens (including phenoxy) is 1. The van der Waals surface area contributed by atoms with Crippen molar-refractivity contribution in [3.63, 3.8) is 0 Å². The molecule has 0 saturated carbocycles. The lowest BCUT2D eigenvalue weighted by Gasteiger charge is -2.28. The first kappa shape index (κ1) is 15.0. The molecule has 0 bridgehead atoms. The fraction of sp³-hybridized carbons (Fsp3) is 0.500. The number of carbonyl (C=O) groups is 1. The predicted octanol–water partition coefficient (Wildman–Crippen LogP) is 3.26. The summed E-state index contributed by atoms with van der Waals surface area (Å²) in [5.74, 6) is 0.484. The minimum Gasteiger partial charge on any atom is -0.383 e. The zero-order chi connectivity index (χ0) is 13.5. The Bertz CT molecular complexity index is 393. The van der Waals surface area contributed by atoms with Gasteiger partial charge in [0, 0.05) is 25.8 Å². The van der Waals surface area contributed by atoms with Crippen molar-refractivity contribution in [2.75, 3.05) is 31.7 Å². The third-order valence-corrected chi connectivity index (χ3v) is 2.92. The third kappa shape index (κ3) is 4.00. The summed E-state index contributed by atoms with van der Waals surface area (Å²) >= 11 is 6.22. The van der Waals surface area contributed by atoms with E-state index in [1.165, 1.54) is 0 Å². The van der Waals surface area contributed by atoms with E-state index in [0.717, 1.165) is 25.1 Å². The molecular weight excluding hydrogens is 250 g/mol. The maximum absolute atomic E-state index is 11.1. The van der Waals surface area contributed by atoms with Gasteiger partial charge in [-0.15, -0.1) is 0 Å². The summed E-state index contributed by atoms with van der Waals surface area (Å²) in [5, 5.41) is 0.608. The number of anilines is 1. The molecule has 4 heteroatoms. The van der Waals surface area contributed by atoms with E-state index in [-0.39, 0.29) is 0 Å². The van der Waals surface area contributed by atoms with Crippen molar-refractivity contribution < 1.29 is 9.53 Å². The zero-order valence-electron chi connectivity index (χ0n) is 11.1. The fourth-order valence-electron chi connectivity index (χ4n) is 1.90. The first-order valence-electron chi connectivity index (χ1n) is 6.07. The molecule has 1 aromatic carbocycles. The molecular formula is C14H20ClNO2. The molecule has 1 rings (SSSR count). The molecule has 0 atom stereocenters. The van der Waals surface area contributed by atoms with Gasteiger partial charge in [0.25, 0.3) is 0 Å². The number of para-hydroxylation sites is 1. The van der Waals surface area contributed by atoms with Crippen LogP contribution in [0.15, 0.2) is 18.2 Å². The van der Waals surface area contributed by atoms with Crippen molar-refractivity contribution in [1.82, 2.24) is 0 Å². The Hall–Kier alpha value is -1.06. The minimum absolute atomic E-state index is 0.484. The van der Waals surface area contributed by atoms with E-state index in [4.69, 9.17) is 16.3 Å². The van der Waals surface area contributed by atoms with Crippen LogP contribution < -0.4 is 4.90 Å². The van der Waals surface area contributed by atoms with Crippen LogP contribution in [-0.2, 0) is 4.74 Å². The van der Waals surface area contributed by atoms with Gasteiger partial charge >= 0.3 is 0 Å². The number of hydrogen-bond acceptors (Lipinski definition) is 3. The highest BCUT2D eigenvalue weighted by Crippen LogP contribution is 2.29. The number of methoxy groups -OCH3 is 1. The molecule has 0 saturated heterocycles. The van der Waals surface area contributed by atoms with Crippen molar-refractivity contribution in [2.45, 2.75) is 13.8 Å². The number of aldehydes is 1. The molecule has 0 aliphatic heterocycles. The number of carbonyl (C=O) groups excluding carboxylic acids is 1. The van der Waals surface area contributed by atoms with E-state index in [9.17, 15) is 4.79 Å². The number of hydrogen-bond donors (Lipinski definition) is 0. The van der Waals surface area contributed by atoms with Crippen molar-refractivity contribution >= 4 is 23.6 Å². The van der Waals surface area contributed by atoms with Crippen LogP contribution in [0.1, 0.15) is 24.2 Å². The lowest BCUT2D eigenvalue weighted by atomic mass is 10.1. The maximum Gasteiger partial charge on any atom is 0.152 e. The summed E-state index contributed by atoms with van der Waals surface area (Å²) in [6.45, 7) is 6.44. The first-order valence-corrected chi connectivity index (χ1v) is 6.45. The summed E-state index contributed by atoms with van der Waals surface area (Å²) in [7, 11) is 1.67. The van der Waals surface area contributed by atoms with Gasteiger partial charge in [-0.2, -0.15) is 0 Å². The van der Waals surface area contributed by atoms with Gasteiger partial charge in [0.2, 0.25) is 0 Å². The van der Waals surface area contributed by atoms with E-state index in [0.29, 0.717) is 23.1 Å². The molecule has 0 aliphatic rings. The van der Waals surface area contributed by atoms with Crippen LogP contribution in [0.2, 0.25) is 5.02 Å². The number of halogens is 1. The largest absolute Gasteiger partial charge is 0.383 e. The van der Waals surface area contributed by atoms with Crippen LogP contribution in [0, 0.1) is 5.92 Å². The van der Waals surface area contributed by atoms with Gasteiger partial charge in [-0.05, 0) is 18.1 Å². The fourth-order valence-corrected chi connectivity index (χ4v) is 2.20. The van der Waals surface area contributed by atoms with Gasteiger partial charge in [-0.1, -0.05) is 31.5 Å². The second-order valence-electron chi connectivity index (χ2n) is 4.63.